The Morgan fingerprint density at radius 3 is 2.29 bits per heavy atom. The largest absolute Gasteiger partial charge is 0.358 e. The molecule has 0 saturated heterocycles. The second-order valence-corrected chi connectivity index (χ2v) is 6.63. The van der Waals surface area contributed by atoms with Crippen molar-refractivity contribution < 1.29 is 0 Å². The predicted octanol–water partition coefficient (Wildman–Crippen LogP) is 3.41. The van der Waals surface area contributed by atoms with Crippen LogP contribution in [-0.2, 0) is 12.0 Å². The maximum Gasteiger partial charge on any atom is 0.186 e. The number of nitrogens with two attached hydrogens (primary N) is 1. The van der Waals surface area contributed by atoms with E-state index in [1.54, 1.807) is 6.07 Å². The molecule has 0 atom stereocenters. The van der Waals surface area contributed by atoms with Gasteiger partial charge in [0.25, 0.3) is 0 Å². The summed E-state index contributed by atoms with van der Waals surface area (Å²) in [7, 11) is 0. The van der Waals surface area contributed by atoms with Crippen LogP contribution >= 0.6 is 0 Å². The van der Waals surface area contributed by atoms with Gasteiger partial charge in [-0.05, 0) is 30.4 Å². The lowest BCUT2D eigenvalue weighted by Gasteiger charge is -2.20. The molecule has 3 nitrogen and oxygen atoms in total. The van der Waals surface area contributed by atoms with Crippen molar-refractivity contribution >= 4 is 0 Å². The summed E-state index contributed by atoms with van der Waals surface area (Å²) < 4.78 is 0. The minimum Gasteiger partial charge on any atom is -0.358 e. The molecule has 0 aliphatic rings. The van der Waals surface area contributed by atoms with Gasteiger partial charge in [-0.15, -0.1) is 0 Å². The Morgan fingerprint density at radius 2 is 1.81 bits per heavy atom. The highest BCUT2D eigenvalue weighted by Crippen LogP contribution is 2.28. The van der Waals surface area contributed by atoms with Crippen LogP contribution in [-0.4, -0.2) is 4.98 Å². The van der Waals surface area contributed by atoms with Gasteiger partial charge in [0, 0.05) is 35.1 Å². The molecule has 1 heterocycles. The van der Waals surface area contributed by atoms with Crippen LogP contribution < -0.4 is 11.2 Å². The van der Waals surface area contributed by atoms with E-state index in [0.717, 1.165) is 22.5 Å². The molecule has 0 bridgehead atoms. The van der Waals surface area contributed by atoms with Gasteiger partial charge < -0.3 is 10.7 Å². The Kier molecular flexibility index (Phi) is 4.06. The molecular weight excluding hydrogens is 260 g/mol. The van der Waals surface area contributed by atoms with Crippen LogP contribution in [0.3, 0.4) is 0 Å². The third-order valence-electron chi connectivity index (χ3n) is 3.93. The monoisotopic (exact) mass is 284 g/mol. The molecule has 0 unspecified atom stereocenters. The first kappa shape index (κ1) is 15.5. The van der Waals surface area contributed by atoms with Crippen molar-refractivity contribution in [3.05, 3.63) is 56.9 Å². The second kappa shape index (κ2) is 5.49. The number of hydrogen-bond acceptors (Lipinski definition) is 2. The van der Waals surface area contributed by atoms with Gasteiger partial charge in [-0.2, -0.15) is 0 Å². The molecule has 21 heavy (non-hydrogen) atoms. The number of aryl methyl sites for hydroxylation is 2. The van der Waals surface area contributed by atoms with E-state index in [9.17, 15) is 4.79 Å². The molecular formula is C18H24N2O. The van der Waals surface area contributed by atoms with E-state index in [4.69, 9.17) is 5.73 Å². The fraction of sp³-hybridized carbons (Fsp3) is 0.389. The first-order valence-electron chi connectivity index (χ1n) is 7.28. The van der Waals surface area contributed by atoms with Gasteiger partial charge in [-0.3, -0.25) is 4.79 Å². The van der Waals surface area contributed by atoms with Crippen molar-refractivity contribution in [2.24, 2.45) is 5.73 Å². The SMILES string of the molecule is Cc1cc(C(C)(C)C)ccc1-c1cc(=O)c(CN)c(C)[nH]1. The highest BCUT2D eigenvalue weighted by atomic mass is 16.1. The predicted molar refractivity (Wildman–Crippen MR) is 88.6 cm³/mol. The molecule has 0 radical (unpaired) electrons. The van der Waals surface area contributed by atoms with Crippen molar-refractivity contribution in [1.29, 1.82) is 0 Å². The van der Waals surface area contributed by atoms with E-state index >= 15 is 0 Å². The Hall–Kier alpha value is -1.87. The third kappa shape index (κ3) is 3.08. The van der Waals surface area contributed by atoms with Crippen LogP contribution in [0.2, 0.25) is 0 Å². The van der Waals surface area contributed by atoms with Gasteiger partial charge in [0.15, 0.2) is 5.43 Å². The lowest BCUT2D eigenvalue weighted by molar-refractivity contribution is 0.590. The van der Waals surface area contributed by atoms with Gasteiger partial charge in [-0.1, -0.05) is 39.0 Å². The second-order valence-electron chi connectivity index (χ2n) is 6.63. The quantitative estimate of drug-likeness (QED) is 0.887. The molecule has 3 heteroatoms. The van der Waals surface area contributed by atoms with E-state index in [0.29, 0.717) is 5.56 Å². The molecule has 0 fully saturated rings. The van der Waals surface area contributed by atoms with Crippen LogP contribution in [0.1, 0.15) is 43.2 Å². The lowest BCUT2D eigenvalue weighted by atomic mass is 9.85. The fourth-order valence-corrected chi connectivity index (χ4v) is 2.55. The van der Waals surface area contributed by atoms with Gasteiger partial charge in [0.1, 0.15) is 0 Å². The molecule has 0 amide bonds. The summed E-state index contributed by atoms with van der Waals surface area (Å²) in [6.45, 7) is 10.8. The standard InChI is InChI=1S/C18H24N2O/c1-11-8-13(18(3,4)5)6-7-14(11)16-9-17(21)15(10-19)12(2)20-16/h6-9H,10,19H2,1-5H3,(H,20,21). The number of aromatic nitrogens is 1. The molecule has 0 saturated carbocycles. The first-order valence-corrected chi connectivity index (χ1v) is 7.28. The molecule has 0 aliphatic carbocycles. The van der Waals surface area contributed by atoms with E-state index in [1.165, 1.54) is 5.56 Å². The Bertz CT molecular complexity index is 721. The number of pyridine rings is 1. The number of nitrogens with one attached hydrogen (secondary N) is 1. The van der Waals surface area contributed by atoms with Crippen molar-refractivity contribution in [2.75, 3.05) is 0 Å². The minimum absolute atomic E-state index is 0.00282. The summed E-state index contributed by atoms with van der Waals surface area (Å²) in [5, 5.41) is 0. The molecule has 2 rings (SSSR count). The summed E-state index contributed by atoms with van der Waals surface area (Å²) in [5.74, 6) is 0. The highest BCUT2D eigenvalue weighted by molar-refractivity contribution is 5.64. The average Bonchev–Trinajstić information content (AvgIpc) is 2.37. The van der Waals surface area contributed by atoms with Crippen molar-refractivity contribution in [3.63, 3.8) is 0 Å². The van der Waals surface area contributed by atoms with E-state index in [2.05, 4.69) is 50.9 Å². The van der Waals surface area contributed by atoms with Gasteiger partial charge >= 0.3 is 0 Å². The maximum absolute atomic E-state index is 12.1. The summed E-state index contributed by atoms with van der Waals surface area (Å²) in [4.78, 5) is 15.4. The van der Waals surface area contributed by atoms with Gasteiger partial charge in [0.05, 0.1) is 0 Å². The van der Waals surface area contributed by atoms with Crippen molar-refractivity contribution in [3.8, 4) is 11.3 Å². The zero-order valence-corrected chi connectivity index (χ0v) is 13.5. The number of aromatic amines is 1. The fourth-order valence-electron chi connectivity index (χ4n) is 2.55. The van der Waals surface area contributed by atoms with Crippen molar-refractivity contribution in [1.82, 2.24) is 4.98 Å². The van der Waals surface area contributed by atoms with Crippen LogP contribution in [0.5, 0.6) is 0 Å². The molecule has 0 spiro atoms. The van der Waals surface area contributed by atoms with Crippen LogP contribution in [0, 0.1) is 13.8 Å². The van der Waals surface area contributed by atoms with Crippen LogP contribution in [0.25, 0.3) is 11.3 Å². The normalized spacial score (nSPS) is 11.7. The Balaban J connectivity index is 2.56. The summed E-state index contributed by atoms with van der Waals surface area (Å²) >= 11 is 0. The number of hydrogen-bond donors (Lipinski definition) is 2. The zero-order valence-electron chi connectivity index (χ0n) is 13.5. The average molecular weight is 284 g/mol. The Labute approximate surface area is 126 Å². The molecule has 0 aliphatic heterocycles. The van der Waals surface area contributed by atoms with E-state index in [-0.39, 0.29) is 17.4 Å². The van der Waals surface area contributed by atoms with Crippen LogP contribution in [0.4, 0.5) is 0 Å². The highest BCUT2D eigenvalue weighted by Gasteiger charge is 2.15. The molecule has 1 aromatic heterocycles. The molecule has 112 valence electrons. The summed E-state index contributed by atoms with van der Waals surface area (Å²) in [6, 6.07) is 8.06. The van der Waals surface area contributed by atoms with Gasteiger partial charge in [0.2, 0.25) is 0 Å². The third-order valence-corrected chi connectivity index (χ3v) is 3.93. The van der Waals surface area contributed by atoms with Gasteiger partial charge in [-0.25, -0.2) is 0 Å². The first-order chi connectivity index (χ1) is 9.74. The van der Waals surface area contributed by atoms with Crippen LogP contribution in [0.15, 0.2) is 29.1 Å². The van der Waals surface area contributed by atoms with Crippen molar-refractivity contribution in [2.45, 2.75) is 46.6 Å². The number of H-pyrrole nitrogens is 1. The number of rotatable bonds is 2. The minimum atomic E-state index is 0.00282. The lowest BCUT2D eigenvalue weighted by Crippen LogP contribution is -2.16. The zero-order chi connectivity index (χ0) is 15.8. The molecule has 3 N–H and O–H groups in total. The topological polar surface area (TPSA) is 58.9 Å². The molecule has 2 aromatic rings. The maximum atomic E-state index is 12.1. The smallest absolute Gasteiger partial charge is 0.186 e. The Morgan fingerprint density at radius 1 is 1.14 bits per heavy atom. The summed E-state index contributed by atoms with van der Waals surface area (Å²) in [6.07, 6.45) is 0. The summed E-state index contributed by atoms with van der Waals surface area (Å²) in [5.41, 5.74) is 11.6. The van der Waals surface area contributed by atoms with E-state index < -0.39 is 0 Å². The van der Waals surface area contributed by atoms with E-state index in [1.807, 2.05) is 6.92 Å². The molecule has 1 aromatic carbocycles. The number of benzene rings is 1.